The van der Waals surface area contributed by atoms with Crippen LogP contribution >= 0.6 is 0 Å². The van der Waals surface area contributed by atoms with E-state index in [1.54, 1.807) is 0 Å². The number of nitrogens with zero attached hydrogens (tertiary/aromatic N) is 2. The Morgan fingerprint density at radius 1 is 0.707 bits per heavy atom. The number of phenolic OH excluding ortho intramolecular Hbond substituents is 1. The third-order valence-corrected chi connectivity index (χ3v) is 12.7. The second kappa shape index (κ2) is 12.0. The molecule has 1 fully saturated rings. The summed E-state index contributed by atoms with van der Waals surface area (Å²) in [6.07, 6.45) is 1.82. The zero-order valence-electron chi connectivity index (χ0n) is 23.3. The number of para-hydroxylation sites is 2. The lowest BCUT2D eigenvalue weighted by molar-refractivity contribution is 0.123. The Labute approximate surface area is 243 Å². The van der Waals surface area contributed by atoms with E-state index in [4.69, 9.17) is 9.73 Å². The van der Waals surface area contributed by atoms with E-state index in [9.17, 15) is 5.11 Å². The highest BCUT2D eigenvalue weighted by molar-refractivity contribution is 7.20. The van der Waals surface area contributed by atoms with Crippen LogP contribution in [-0.4, -0.2) is 45.7 Å². The molecular formula is C36H34N2O2Si. The molecular weight excluding hydrogens is 520 g/mol. The number of aryl methyl sites for hydroxylation is 1. The van der Waals surface area contributed by atoms with Gasteiger partial charge in [0.2, 0.25) is 0 Å². The molecule has 5 heteroatoms. The minimum absolute atomic E-state index is 0.284. The quantitative estimate of drug-likeness (QED) is 0.181. The summed E-state index contributed by atoms with van der Waals surface area (Å²) in [4.78, 5) is 7.26. The van der Waals surface area contributed by atoms with Gasteiger partial charge in [-0.05, 0) is 45.9 Å². The molecule has 1 saturated heterocycles. The van der Waals surface area contributed by atoms with Gasteiger partial charge in [0.1, 0.15) is 5.75 Å². The van der Waals surface area contributed by atoms with Crippen molar-refractivity contribution in [3.8, 4) is 5.75 Å². The van der Waals surface area contributed by atoms with Crippen LogP contribution in [0, 0.1) is 6.92 Å². The van der Waals surface area contributed by atoms with Gasteiger partial charge in [-0.1, -0.05) is 115 Å². The van der Waals surface area contributed by atoms with Gasteiger partial charge in [0.25, 0.3) is 0 Å². The third kappa shape index (κ3) is 5.22. The first-order valence-corrected chi connectivity index (χ1v) is 16.1. The van der Waals surface area contributed by atoms with Gasteiger partial charge in [0.15, 0.2) is 8.07 Å². The molecule has 6 rings (SSSR count). The van der Waals surface area contributed by atoms with Crippen molar-refractivity contribution in [1.82, 2.24) is 0 Å². The predicted octanol–water partition coefficient (Wildman–Crippen LogP) is 4.67. The van der Waals surface area contributed by atoms with Crippen molar-refractivity contribution < 1.29 is 9.84 Å². The number of ether oxygens (including phenoxy) is 1. The molecule has 0 bridgehead atoms. The number of aromatic hydroxyl groups is 1. The first-order chi connectivity index (χ1) is 20.2. The molecule has 41 heavy (non-hydrogen) atoms. The maximum Gasteiger partial charge on any atom is 0.183 e. The fraction of sp³-hybridized carbons (Fsp3) is 0.139. The van der Waals surface area contributed by atoms with Gasteiger partial charge in [-0.15, -0.1) is 0 Å². The van der Waals surface area contributed by atoms with Crippen molar-refractivity contribution in [2.45, 2.75) is 6.92 Å². The molecule has 1 heterocycles. The van der Waals surface area contributed by atoms with Crippen LogP contribution in [0.5, 0.6) is 5.75 Å². The molecule has 0 saturated carbocycles. The van der Waals surface area contributed by atoms with Crippen molar-refractivity contribution in [2.75, 3.05) is 31.2 Å². The summed E-state index contributed by atoms with van der Waals surface area (Å²) in [5.74, 6) is 0.284. The number of anilines is 1. The van der Waals surface area contributed by atoms with Crippen LogP contribution in [0.15, 0.2) is 132 Å². The molecule has 5 aromatic carbocycles. The highest BCUT2D eigenvalue weighted by Gasteiger charge is 2.43. The van der Waals surface area contributed by atoms with E-state index >= 15 is 0 Å². The van der Waals surface area contributed by atoms with Gasteiger partial charge in [-0.2, -0.15) is 0 Å². The van der Waals surface area contributed by atoms with E-state index in [-0.39, 0.29) is 5.75 Å². The Morgan fingerprint density at radius 2 is 1.22 bits per heavy atom. The predicted molar refractivity (Wildman–Crippen MR) is 173 cm³/mol. The molecule has 0 aromatic heterocycles. The molecule has 0 amide bonds. The summed E-state index contributed by atoms with van der Waals surface area (Å²) in [6, 6.07) is 44.4. The van der Waals surface area contributed by atoms with Crippen LogP contribution in [0.4, 0.5) is 11.4 Å². The highest BCUT2D eigenvalue weighted by Crippen LogP contribution is 2.30. The first kappa shape index (κ1) is 26.8. The van der Waals surface area contributed by atoms with Gasteiger partial charge in [-0.25, -0.2) is 0 Å². The van der Waals surface area contributed by atoms with Gasteiger partial charge in [-0.3, -0.25) is 4.99 Å². The number of benzene rings is 5. The molecule has 0 unspecified atom stereocenters. The van der Waals surface area contributed by atoms with Crippen molar-refractivity contribution in [3.05, 3.63) is 139 Å². The number of phenols is 1. The second-order valence-electron chi connectivity index (χ2n) is 10.4. The van der Waals surface area contributed by atoms with Crippen molar-refractivity contribution in [2.24, 2.45) is 4.99 Å². The summed E-state index contributed by atoms with van der Waals surface area (Å²) < 4.78 is 5.56. The van der Waals surface area contributed by atoms with Crippen molar-refractivity contribution in [3.63, 3.8) is 0 Å². The van der Waals surface area contributed by atoms with E-state index in [0.29, 0.717) is 13.2 Å². The molecule has 0 radical (unpaired) electrons. The van der Waals surface area contributed by atoms with Crippen molar-refractivity contribution >= 4 is 46.4 Å². The fourth-order valence-corrected chi connectivity index (χ4v) is 11.0. The van der Waals surface area contributed by atoms with Crippen molar-refractivity contribution in [1.29, 1.82) is 0 Å². The molecule has 0 atom stereocenters. The SMILES string of the molecule is Cc1cc(C=Nc2ccccc2N2CCOCC2)c(O)c([Si](c2ccccc2)(c2ccccc2)c2ccccc2)c1. The molecule has 1 N–H and O–H groups in total. The van der Waals surface area contributed by atoms with E-state index in [1.165, 1.54) is 15.6 Å². The van der Waals surface area contributed by atoms with E-state index < -0.39 is 8.07 Å². The van der Waals surface area contributed by atoms with E-state index in [0.717, 1.165) is 40.8 Å². The number of hydrogen-bond acceptors (Lipinski definition) is 4. The fourth-order valence-electron chi connectivity index (χ4n) is 6.01. The molecule has 0 aliphatic carbocycles. The number of hydrogen-bond donors (Lipinski definition) is 1. The summed E-state index contributed by atoms with van der Waals surface area (Å²) in [6.45, 7) is 5.20. The Hall–Kier alpha value is -4.45. The minimum Gasteiger partial charge on any atom is -0.507 e. The standard InChI is InChI=1S/C36H34N2O2Si/c1-28-25-29(27-37-33-19-11-12-20-34(33)38-21-23-40-24-22-38)36(39)35(26-28)41(30-13-5-2-6-14-30,31-15-7-3-8-16-31)32-17-9-4-10-18-32/h2-20,25-27,39H,21-24H2,1H3. The lowest BCUT2D eigenvalue weighted by Gasteiger charge is -2.35. The van der Waals surface area contributed by atoms with Crippen LogP contribution in [-0.2, 0) is 4.74 Å². The van der Waals surface area contributed by atoms with E-state index in [2.05, 4.69) is 115 Å². The Bertz CT molecular complexity index is 1540. The topological polar surface area (TPSA) is 45.1 Å². The Balaban J connectivity index is 1.55. The lowest BCUT2D eigenvalue weighted by Crippen LogP contribution is -2.74. The van der Waals surface area contributed by atoms with Gasteiger partial charge < -0.3 is 14.7 Å². The largest absolute Gasteiger partial charge is 0.507 e. The summed E-state index contributed by atoms with van der Waals surface area (Å²) in [5.41, 5.74) is 3.77. The van der Waals surface area contributed by atoms with Crippen LogP contribution < -0.4 is 25.6 Å². The van der Waals surface area contributed by atoms with Gasteiger partial charge in [0.05, 0.1) is 24.6 Å². The maximum absolute atomic E-state index is 12.1. The number of morpholine rings is 1. The minimum atomic E-state index is -2.89. The zero-order chi connectivity index (χ0) is 28.1. The van der Waals surface area contributed by atoms with E-state index in [1.807, 2.05) is 30.5 Å². The lowest BCUT2D eigenvalue weighted by atomic mass is 10.1. The van der Waals surface area contributed by atoms with Crippen LogP contribution in [0.1, 0.15) is 11.1 Å². The Morgan fingerprint density at radius 3 is 1.78 bits per heavy atom. The number of rotatable bonds is 7. The smallest absolute Gasteiger partial charge is 0.183 e. The normalized spacial score (nSPS) is 13.9. The molecule has 4 nitrogen and oxygen atoms in total. The van der Waals surface area contributed by atoms with Crippen LogP contribution in [0.2, 0.25) is 0 Å². The molecule has 5 aromatic rings. The third-order valence-electron chi connectivity index (χ3n) is 7.88. The Kier molecular flexibility index (Phi) is 7.81. The summed E-state index contributed by atoms with van der Waals surface area (Å²) in [5, 5.41) is 16.8. The zero-order valence-corrected chi connectivity index (χ0v) is 24.3. The monoisotopic (exact) mass is 554 g/mol. The molecule has 1 aliphatic rings. The molecule has 0 spiro atoms. The molecule has 204 valence electrons. The second-order valence-corrected chi connectivity index (χ2v) is 14.2. The summed E-state index contributed by atoms with van der Waals surface area (Å²) >= 11 is 0. The van der Waals surface area contributed by atoms with Crippen LogP contribution in [0.3, 0.4) is 0 Å². The van der Waals surface area contributed by atoms with Gasteiger partial charge in [0, 0.05) is 24.9 Å². The average Bonchev–Trinajstić information content (AvgIpc) is 3.04. The highest BCUT2D eigenvalue weighted by atomic mass is 28.3. The average molecular weight is 555 g/mol. The molecule has 1 aliphatic heterocycles. The van der Waals surface area contributed by atoms with Gasteiger partial charge >= 0.3 is 0 Å². The first-order valence-electron chi connectivity index (χ1n) is 14.1. The summed E-state index contributed by atoms with van der Waals surface area (Å²) in [7, 11) is -2.89. The van der Waals surface area contributed by atoms with Crippen LogP contribution in [0.25, 0.3) is 0 Å². The number of aliphatic imine (C=N–C) groups is 1. The maximum atomic E-state index is 12.1.